The third kappa shape index (κ3) is 4.42. The van der Waals surface area contributed by atoms with Gasteiger partial charge in [0.05, 0.1) is 30.9 Å². The Kier molecular flexibility index (Phi) is 4.96. The van der Waals surface area contributed by atoms with E-state index in [9.17, 15) is 12.8 Å². The molecule has 0 amide bonds. The minimum absolute atomic E-state index is 0.224. The number of halogens is 1. The van der Waals surface area contributed by atoms with E-state index in [1.165, 1.54) is 30.5 Å². The van der Waals surface area contributed by atoms with E-state index in [1.807, 2.05) is 0 Å². The van der Waals surface area contributed by atoms with Gasteiger partial charge in [-0.25, -0.2) is 17.8 Å². The second-order valence-electron chi connectivity index (χ2n) is 5.49. The Labute approximate surface area is 140 Å². The van der Waals surface area contributed by atoms with E-state index in [0.717, 1.165) is 18.9 Å². The molecule has 0 atom stereocenters. The van der Waals surface area contributed by atoms with Crippen molar-refractivity contribution in [2.75, 3.05) is 35.9 Å². The van der Waals surface area contributed by atoms with Crippen molar-refractivity contribution in [3.8, 4) is 0 Å². The fourth-order valence-corrected chi connectivity index (χ4v) is 3.62. The van der Waals surface area contributed by atoms with Gasteiger partial charge >= 0.3 is 0 Å². The van der Waals surface area contributed by atoms with Crippen molar-refractivity contribution in [2.24, 2.45) is 0 Å². The molecule has 0 unspecified atom stereocenters. The second kappa shape index (κ2) is 7.14. The van der Waals surface area contributed by atoms with Gasteiger partial charge in [-0.15, -0.1) is 0 Å². The van der Waals surface area contributed by atoms with Crippen molar-refractivity contribution < 1.29 is 17.5 Å². The predicted molar refractivity (Wildman–Crippen MR) is 89.9 cm³/mol. The van der Waals surface area contributed by atoms with Crippen LogP contribution in [0.2, 0.25) is 0 Å². The van der Waals surface area contributed by atoms with E-state index in [0.29, 0.717) is 24.5 Å². The molecule has 0 aliphatic carbocycles. The molecule has 8 heteroatoms. The van der Waals surface area contributed by atoms with Gasteiger partial charge in [0, 0.05) is 13.1 Å². The average Bonchev–Trinajstić information content (AvgIpc) is 2.58. The number of anilines is 2. The molecule has 24 heavy (non-hydrogen) atoms. The highest BCUT2D eigenvalue weighted by Gasteiger charge is 2.14. The third-order valence-corrected chi connectivity index (χ3v) is 4.89. The number of ether oxygens (including phenoxy) is 1. The molecule has 3 rings (SSSR count). The molecule has 1 saturated heterocycles. The zero-order valence-corrected chi connectivity index (χ0v) is 13.8. The summed E-state index contributed by atoms with van der Waals surface area (Å²) in [5, 5.41) is 0. The first-order chi connectivity index (χ1) is 11.5. The first-order valence-corrected chi connectivity index (χ1v) is 9.21. The average molecular weight is 351 g/mol. The van der Waals surface area contributed by atoms with Gasteiger partial charge < -0.3 is 9.64 Å². The fourth-order valence-electron chi connectivity index (χ4n) is 2.44. The molecule has 1 fully saturated rings. The zero-order chi connectivity index (χ0) is 17.0. The van der Waals surface area contributed by atoms with Gasteiger partial charge in [0.2, 0.25) is 10.0 Å². The number of hydrogen-bond donors (Lipinski definition) is 1. The summed E-state index contributed by atoms with van der Waals surface area (Å²) < 4.78 is 45.0. The Morgan fingerprint density at radius 1 is 1.12 bits per heavy atom. The molecule has 1 aliphatic rings. The van der Waals surface area contributed by atoms with E-state index >= 15 is 0 Å². The van der Waals surface area contributed by atoms with Crippen LogP contribution in [0.4, 0.5) is 15.9 Å². The molecule has 0 radical (unpaired) electrons. The molecule has 2 aromatic rings. The number of aromatic nitrogens is 1. The standard InChI is InChI=1S/C16H18FN3O3S/c17-14-3-1-13(2-4-14)12-24(21,22)19-15-5-6-16(18-11-15)20-7-9-23-10-8-20/h1-6,11,19H,7-10,12H2. The lowest BCUT2D eigenvalue weighted by Crippen LogP contribution is -2.36. The summed E-state index contributed by atoms with van der Waals surface area (Å²) in [7, 11) is -3.58. The molecular formula is C16H18FN3O3S. The maximum absolute atomic E-state index is 12.9. The van der Waals surface area contributed by atoms with Gasteiger partial charge in [-0.05, 0) is 29.8 Å². The minimum atomic E-state index is -3.58. The van der Waals surface area contributed by atoms with E-state index in [2.05, 4.69) is 14.6 Å². The first-order valence-electron chi connectivity index (χ1n) is 7.55. The molecule has 0 saturated carbocycles. The number of pyridine rings is 1. The van der Waals surface area contributed by atoms with Crippen molar-refractivity contribution in [3.05, 3.63) is 54.0 Å². The van der Waals surface area contributed by atoms with Gasteiger partial charge in [0.15, 0.2) is 0 Å². The fraction of sp³-hybridized carbons (Fsp3) is 0.312. The van der Waals surface area contributed by atoms with E-state index in [-0.39, 0.29) is 5.75 Å². The van der Waals surface area contributed by atoms with Crippen molar-refractivity contribution in [1.82, 2.24) is 4.98 Å². The summed E-state index contributed by atoms with van der Waals surface area (Å²) in [5.41, 5.74) is 0.913. The Hall–Kier alpha value is -2.19. The van der Waals surface area contributed by atoms with Crippen LogP contribution >= 0.6 is 0 Å². The minimum Gasteiger partial charge on any atom is -0.378 e. The summed E-state index contributed by atoms with van der Waals surface area (Å²) >= 11 is 0. The van der Waals surface area contributed by atoms with Crippen molar-refractivity contribution in [1.29, 1.82) is 0 Å². The number of sulfonamides is 1. The van der Waals surface area contributed by atoms with Gasteiger partial charge in [0.25, 0.3) is 0 Å². The molecule has 1 aromatic carbocycles. The SMILES string of the molecule is O=S(=O)(Cc1ccc(F)cc1)Nc1ccc(N2CCOCC2)nc1. The molecule has 128 valence electrons. The van der Waals surface area contributed by atoms with Crippen molar-refractivity contribution in [3.63, 3.8) is 0 Å². The maximum atomic E-state index is 12.9. The van der Waals surface area contributed by atoms with Crippen molar-refractivity contribution in [2.45, 2.75) is 5.75 Å². The second-order valence-corrected chi connectivity index (χ2v) is 7.21. The summed E-state index contributed by atoms with van der Waals surface area (Å²) in [6.07, 6.45) is 1.49. The molecule has 1 aromatic heterocycles. The van der Waals surface area contributed by atoms with E-state index in [1.54, 1.807) is 12.1 Å². The van der Waals surface area contributed by atoms with Crippen LogP contribution in [0.25, 0.3) is 0 Å². The number of morpholine rings is 1. The van der Waals surface area contributed by atoms with Crippen LogP contribution in [0.3, 0.4) is 0 Å². The largest absolute Gasteiger partial charge is 0.378 e. The number of nitrogens with one attached hydrogen (secondary N) is 1. The Balaban J connectivity index is 1.64. The molecular weight excluding hydrogens is 333 g/mol. The van der Waals surface area contributed by atoms with E-state index < -0.39 is 15.8 Å². The van der Waals surface area contributed by atoms with Crippen LogP contribution in [0.1, 0.15) is 5.56 Å². The number of hydrogen-bond acceptors (Lipinski definition) is 5. The third-order valence-electron chi connectivity index (χ3n) is 3.63. The van der Waals surface area contributed by atoms with E-state index in [4.69, 9.17) is 4.74 Å². The van der Waals surface area contributed by atoms with Crippen LogP contribution in [-0.2, 0) is 20.5 Å². The molecule has 0 spiro atoms. The lowest BCUT2D eigenvalue weighted by molar-refractivity contribution is 0.122. The van der Waals surface area contributed by atoms with Gasteiger partial charge in [0.1, 0.15) is 11.6 Å². The van der Waals surface area contributed by atoms with Crippen LogP contribution in [-0.4, -0.2) is 39.7 Å². The highest BCUT2D eigenvalue weighted by atomic mass is 32.2. The zero-order valence-electron chi connectivity index (χ0n) is 13.0. The van der Waals surface area contributed by atoms with Crippen LogP contribution in [0.5, 0.6) is 0 Å². The quantitative estimate of drug-likeness (QED) is 0.892. The number of benzene rings is 1. The normalized spacial score (nSPS) is 15.3. The Morgan fingerprint density at radius 3 is 2.46 bits per heavy atom. The molecule has 1 N–H and O–H groups in total. The molecule has 6 nitrogen and oxygen atoms in total. The molecule has 2 heterocycles. The maximum Gasteiger partial charge on any atom is 0.236 e. The van der Waals surface area contributed by atoms with Gasteiger partial charge in [-0.2, -0.15) is 0 Å². The Morgan fingerprint density at radius 2 is 1.83 bits per heavy atom. The van der Waals surface area contributed by atoms with Crippen LogP contribution in [0, 0.1) is 5.82 Å². The van der Waals surface area contributed by atoms with Gasteiger partial charge in [-0.3, -0.25) is 4.72 Å². The van der Waals surface area contributed by atoms with Gasteiger partial charge in [-0.1, -0.05) is 12.1 Å². The summed E-state index contributed by atoms with van der Waals surface area (Å²) in [6.45, 7) is 2.85. The monoisotopic (exact) mass is 351 g/mol. The highest BCUT2D eigenvalue weighted by Crippen LogP contribution is 2.17. The topological polar surface area (TPSA) is 71.5 Å². The van der Waals surface area contributed by atoms with Crippen molar-refractivity contribution >= 4 is 21.5 Å². The summed E-state index contributed by atoms with van der Waals surface area (Å²) in [6, 6.07) is 8.84. The molecule has 1 aliphatic heterocycles. The Bertz CT molecular complexity index is 773. The van der Waals surface area contributed by atoms with Crippen LogP contribution in [0.15, 0.2) is 42.6 Å². The molecule has 0 bridgehead atoms. The smallest absolute Gasteiger partial charge is 0.236 e. The highest BCUT2D eigenvalue weighted by molar-refractivity contribution is 7.91. The first kappa shape index (κ1) is 16.7. The number of rotatable bonds is 5. The lowest BCUT2D eigenvalue weighted by Gasteiger charge is -2.27. The number of nitrogens with zero attached hydrogens (tertiary/aromatic N) is 2. The predicted octanol–water partition coefficient (Wildman–Crippen LogP) is 2.00. The summed E-state index contributed by atoms with van der Waals surface area (Å²) in [5.74, 6) is 0.171. The van der Waals surface area contributed by atoms with Crippen LogP contribution < -0.4 is 9.62 Å². The summed E-state index contributed by atoms with van der Waals surface area (Å²) in [4.78, 5) is 6.38. The lowest BCUT2D eigenvalue weighted by atomic mass is 10.2.